The minimum Gasteiger partial charge on any atom is -0.312 e. The topological polar surface area (TPSA) is 15.3 Å². The second-order valence-corrected chi connectivity index (χ2v) is 6.76. The average molecular weight is 250 g/mol. The van der Waals surface area contributed by atoms with Crippen LogP contribution in [-0.2, 0) is 0 Å². The van der Waals surface area contributed by atoms with Gasteiger partial charge in [-0.05, 0) is 63.5 Å². The first-order valence-corrected chi connectivity index (χ1v) is 8.39. The molecule has 1 aliphatic heterocycles. The van der Waals surface area contributed by atoms with Gasteiger partial charge in [0.25, 0.3) is 0 Å². The number of hydrogen-bond acceptors (Lipinski definition) is 2. The van der Waals surface area contributed by atoms with Crippen LogP contribution in [-0.4, -0.2) is 37.1 Å². The maximum atomic E-state index is 3.89. The van der Waals surface area contributed by atoms with E-state index >= 15 is 0 Å². The largest absolute Gasteiger partial charge is 0.312 e. The van der Waals surface area contributed by atoms with Crippen molar-refractivity contribution in [2.45, 2.75) is 63.8 Å². The molecule has 0 unspecified atom stereocenters. The number of rotatable bonds is 6. The van der Waals surface area contributed by atoms with E-state index in [4.69, 9.17) is 0 Å². The van der Waals surface area contributed by atoms with Gasteiger partial charge in [0.2, 0.25) is 0 Å². The van der Waals surface area contributed by atoms with Gasteiger partial charge in [0.15, 0.2) is 0 Å². The molecule has 2 saturated carbocycles. The highest BCUT2D eigenvalue weighted by atomic mass is 15.1. The zero-order valence-electron chi connectivity index (χ0n) is 11.9. The highest BCUT2D eigenvalue weighted by molar-refractivity contribution is 4.96. The van der Waals surface area contributed by atoms with Crippen molar-refractivity contribution >= 4 is 0 Å². The van der Waals surface area contributed by atoms with E-state index in [-0.39, 0.29) is 0 Å². The van der Waals surface area contributed by atoms with Crippen LogP contribution in [0, 0.1) is 11.8 Å². The van der Waals surface area contributed by atoms with Crippen molar-refractivity contribution < 1.29 is 0 Å². The summed E-state index contributed by atoms with van der Waals surface area (Å²) in [6.07, 6.45) is 13.2. The molecule has 0 amide bonds. The molecule has 0 spiro atoms. The fraction of sp³-hybridized carbons (Fsp3) is 1.00. The molecule has 2 heteroatoms. The normalized spacial score (nSPS) is 27.2. The maximum absolute atomic E-state index is 3.89. The summed E-state index contributed by atoms with van der Waals surface area (Å²) in [6, 6.07) is 0.889. The van der Waals surface area contributed by atoms with Crippen molar-refractivity contribution in [3.63, 3.8) is 0 Å². The first-order valence-electron chi connectivity index (χ1n) is 8.39. The Morgan fingerprint density at radius 1 is 0.833 bits per heavy atom. The van der Waals surface area contributed by atoms with Crippen LogP contribution in [0.25, 0.3) is 0 Å². The van der Waals surface area contributed by atoms with Gasteiger partial charge in [-0.1, -0.05) is 19.3 Å². The lowest BCUT2D eigenvalue weighted by molar-refractivity contribution is 0.240. The van der Waals surface area contributed by atoms with Crippen molar-refractivity contribution in [1.82, 2.24) is 10.2 Å². The molecular weight excluding hydrogens is 220 g/mol. The Kier molecular flexibility index (Phi) is 4.58. The van der Waals surface area contributed by atoms with Crippen LogP contribution in [0.4, 0.5) is 0 Å². The smallest absolute Gasteiger partial charge is 0.0124 e. The third-order valence-corrected chi connectivity index (χ3v) is 5.02. The predicted molar refractivity (Wildman–Crippen MR) is 76.8 cm³/mol. The van der Waals surface area contributed by atoms with Crippen molar-refractivity contribution in [2.75, 3.05) is 26.2 Å². The zero-order chi connectivity index (χ0) is 12.2. The summed E-state index contributed by atoms with van der Waals surface area (Å²) in [5, 5.41) is 3.89. The van der Waals surface area contributed by atoms with Gasteiger partial charge in [0.1, 0.15) is 0 Å². The molecule has 1 N–H and O–H groups in total. The summed E-state index contributed by atoms with van der Waals surface area (Å²) >= 11 is 0. The van der Waals surface area contributed by atoms with Gasteiger partial charge in [-0.25, -0.2) is 0 Å². The second-order valence-electron chi connectivity index (χ2n) is 6.76. The lowest BCUT2D eigenvalue weighted by atomic mass is 10.1. The van der Waals surface area contributed by atoms with E-state index < -0.39 is 0 Å². The van der Waals surface area contributed by atoms with Gasteiger partial charge in [-0.3, -0.25) is 0 Å². The lowest BCUT2D eigenvalue weighted by Gasteiger charge is -2.26. The summed E-state index contributed by atoms with van der Waals surface area (Å²) in [4.78, 5) is 2.70. The molecule has 2 aliphatic carbocycles. The molecule has 1 heterocycles. The molecule has 0 bridgehead atoms. The molecule has 1 saturated heterocycles. The van der Waals surface area contributed by atoms with Gasteiger partial charge in [-0.2, -0.15) is 0 Å². The minimum absolute atomic E-state index is 0.889. The molecular formula is C16H30N2. The van der Waals surface area contributed by atoms with Crippen molar-refractivity contribution in [3.8, 4) is 0 Å². The van der Waals surface area contributed by atoms with E-state index in [0.717, 1.165) is 17.9 Å². The molecule has 18 heavy (non-hydrogen) atoms. The molecule has 104 valence electrons. The van der Waals surface area contributed by atoms with Gasteiger partial charge in [-0.15, -0.1) is 0 Å². The first kappa shape index (κ1) is 12.9. The molecule has 3 rings (SSSR count). The van der Waals surface area contributed by atoms with Crippen LogP contribution < -0.4 is 5.32 Å². The predicted octanol–water partition coefficient (Wildman–Crippen LogP) is 3.03. The molecule has 0 aromatic heterocycles. The summed E-state index contributed by atoms with van der Waals surface area (Å²) in [5.74, 6) is 2.09. The highest BCUT2D eigenvalue weighted by Gasteiger charge is 2.40. The van der Waals surface area contributed by atoms with Crippen molar-refractivity contribution in [1.29, 1.82) is 0 Å². The SMILES string of the molecule is C1CCCN(CCNC(C2CC2)C2CC2)CCC1. The third-order valence-electron chi connectivity index (χ3n) is 5.02. The Morgan fingerprint density at radius 3 is 1.94 bits per heavy atom. The van der Waals surface area contributed by atoms with Crippen LogP contribution in [0.5, 0.6) is 0 Å². The highest BCUT2D eigenvalue weighted by Crippen LogP contribution is 2.44. The van der Waals surface area contributed by atoms with Crippen LogP contribution >= 0.6 is 0 Å². The molecule has 0 atom stereocenters. The summed E-state index contributed by atoms with van der Waals surface area (Å²) < 4.78 is 0. The second kappa shape index (κ2) is 6.38. The van der Waals surface area contributed by atoms with E-state index in [1.54, 1.807) is 0 Å². The fourth-order valence-corrected chi connectivity index (χ4v) is 3.55. The van der Waals surface area contributed by atoms with E-state index in [9.17, 15) is 0 Å². The van der Waals surface area contributed by atoms with Crippen LogP contribution in [0.1, 0.15) is 57.8 Å². The van der Waals surface area contributed by atoms with Crippen molar-refractivity contribution in [2.24, 2.45) is 11.8 Å². The van der Waals surface area contributed by atoms with Crippen LogP contribution in [0.2, 0.25) is 0 Å². The summed E-state index contributed by atoms with van der Waals surface area (Å²) in [7, 11) is 0. The van der Waals surface area contributed by atoms with E-state index in [2.05, 4.69) is 10.2 Å². The Labute approximate surface area is 113 Å². The quantitative estimate of drug-likeness (QED) is 0.779. The number of hydrogen-bond donors (Lipinski definition) is 1. The number of nitrogens with one attached hydrogen (secondary N) is 1. The number of nitrogens with zero attached hydrogens (tertiary/aromatic N) is 1. The fourth-order valence-electron chi connectivity index (χ4n) is 3.55. The summed E-state index contributed by atoms with van der Waals surface area (Å²) in [5.41, 5.74) is 0. The van der Waals surface area contributed by atoms with E-state index in [0.29, 0.717) is 0 Å². The van der Waals surface area contributed by atoms with Gasteiger partial charge in [0.05, 0.1) is 0 Å². The first-order chi connectivity index (χ1) is 8.93. The van der Waals surface area contributed by atoms with Crippen LogP contribution in [0.3, 0.4) is 0 Å². The van der Waals surface area contributed by atoms with Gasteiger partial charge in [0, 0.05) is 19.1 Å². The monoisotopic (exact) mass is 250 g/mol. The third kappa shape index (κ3) is 3.96. The molecule has 0 aromatic carbocycles. The van der Waals surface area contributed by atoms with E-state index in [1.807, 2.05) is 0 Å². The molecule has 0 aromatic rings. The lowest BCUT2D eigenvalue weighted by Crippen LogP contribution is -2.40. The van der Waals surface area contributed by atoms with Crippen LogP contribution in [0.15, 0.2) is 0 Å². The Hall–Kier alpha value is -0.0800. The average Bonchev–Trinajstić information content (AvgIpc) is 3.20. The Bertz CT molecular complexity index is 225. The molecule has 3 aliphatic rings. The molecule has 2 nitrogen and oxygen atoms in total. The Balaban J connectivity index is 1.34. The summed E-state index contributed by atoms with van der Waals surface area (Å²) in [6.45, 7) is 5.21. The van der Waals surface area contributed by atoms with Crippen molar-refractivity contribution in [3.05, 3.63) is 0 Å². The minimum atomic E-state index is 0.889. The Morgan fingerprint density at radius 2 is 1.39 bits per heavy atom. The zero-order valence-corrected chi connectivity index (χ0v) is 11.9. The maximum Gasteiger partial charge on any atom is 0.0124 e. The van der Waals surface area contributed by atoms with Gasteiger partial charge >= 0.3 is 0 Å². The molecule has 0 radical (unpaired) electrons. The standard InChI is InChI=1S/C16H30N2/c1-2-4-11-18(12-5-3-1)13-10-17-16(14-6-7-14)15-8-9-15/h14-17H,1-13H2. The molecule has 3 fully saturated rings. The number of likely N-dealkylation sites (tertiary alicyclic amines) is 1. The van der Waals surface area contributed by atoms with Gasteiger partial charge < -0.3 is 10.2 Å². The van der Waals surface area contributed by atoms with E-state index in [1.165, 1.54) is 84.0 Å².